The van der Waals surface area contributed by atoms with Crippen LogP contribution in [0.3, 0.4) is 0 Å². The van der Waals surface area contributed by atoms with E-state index in [1.807, 2.05) is 0 Å². The Bertz CT molecular complexity index is 558. The molecule has 0 unspecified atom stereocenters. The van der Waals surface area contributed by atoms with E-state index in [2.05, 4.69) is 0 Å². The molecule has 0 bridgehead atoms. The van der Waals surface area contributed by atoms with E-state index in [-0.39, 0.29) is 0 Å². The van der Waals surface area contributed by atoms with E-state index in [1.165, 1.54) is 47.3 Å². The molecule has 0 aromatic rings. The van der Waals surface area contributed by atoms with Gasteiger partial charge < -0.3 is 8.37 Å². The maximum Gasteiger partial charge on any atom is 0.0925 e. The van der Waals surface area contributed by atoms with Crippen molar-refractivity contribution in [3.05, 3.63) is 0 Å². The molecule has 0 atom stereocenters. The summed E-state index contributed by atoms with van der Waals surface area (Å²) in [5.74, 6) is 16.3. The van der Waals surface area contributed by atoms with Crippen LogP contribution in [0.2, 0.25) is 0 Å². The zero-order valence-corrected chi connectivity index (χ0v) is 13.8. The molecular weight excluding hydrogens is 312 g/mol. The van der Waals surface area contributed by atoms with Gasteiger partial charge in [0.05, 0.1) is 35.4 Å². The minimum absolute atomic E-state index is 0.708. The summed E-state index contributed by atoms with van der Waals surface area (Å²) in [4.78, 5) is 0. The molecule has 0 saturated heterocycles. The molecule has 114 valence electrons. The Balaban J connectivity index is 0.772. The lowest BCUT2D eigenvalue weighted by Crippen LogP contribution is -3.06. The molecule has 12 rings (SSSR count). The fraction of sp³-hybridized carbons (Fsp3) is 1.00. The van der Waals surface area contributed by atoms with Crippen molar-refractivity contribution < 1.29 is 8.37 Å². The maximum absolute atomic E-state index is 5.98. The van der Waals surface area contributed by atoms with Crippen LogP contribution in [0.4, 0.5) is 0 Å². The Morgan fingerprint density at radius 2 is 0.818 bits per heavy atom. The smallest absolute Gasteiger partial charge is 0.0925 e. The fourth-order valence-corrected chi connectivity index (χ4v) is 13.3. The van der Waals surface area contributed by atoms with Crippen LogP contribution in [0.1, 0.15) is 0 Å². The van der Waals surface area contributed by atoms with E-state index in [4.69, 9.17) is 8.37 Å². The average Bonchev–Trinajstić information content (AvgIpc) is 2.58. The van der Waals surface area contributed by atoms with Crippen molar-refractivity contribution in [2.24, 2.45) is 93.7 Å². The first kappa shape index (κ1) is 10.6. The molecule has 0 heterocycles. The largest absolute Gasteiger partial charge is 0.303 e. The van der Waals surface area contributed by atoms with Gasteiger partial charge in [0.2, 0.25) is 0 Å². The summed E-state index contributed by atoms with van der Waals surface area (Å²) < 4.78 is 12.0. The third-order valence-electron chi connectivity index (χ3n) is 12.1. The molecule has 0 radical (unpaired) electrons. The fourth-order valence-electron chi connectivity index (χ4n) is 12.2. The van der Waals surface area contributed by atoms with Crippen LogP contribution in [-0.2, 0) is 8.37 Å². The van der Waals surface area contributed by atoms with Gasteiger partial charge in [-0.1, -0.05) is 0 Å². The van der Waals surface area contributed by atoms with Crippen molar-refractivity contribution in [2.75, 3.05) is 13.2 Å². The molecular formula is C18H18O2S2. The monoisotopic (exact) mass is 330 g/mol. The molecule has 0 aliphatic heterocycles. The van der Waals surface area contributed by atoms with E-state index in [0.29, 0.717) is 10.8 Å². The third-order valence-corrected chi connectivity index (χ3v) is 13.3. The van der Waals surface area contributed by atoms with Crippen molar-refractivity contribution in [1.82, 2.24) is 0 Å². The van der Waals surface area contributed by atoms with Crippen molar-refractivity contribution in [1.29, 1.82) is 0 Å². The van der Waals surface area contributed by atoms with E-state index < -0.39 is 0 Å². The highest BCUT2D eigenvalue weighted by Gasteiger charge is 3.05. The Kier molecular flexibility index (Phi) is 1.20. The lowest BCUT2D eigenvalue weighted by molar-refractivity contribution is -0.616. The van der Waals surface area contributed by atoms with Crippen molar-refractivity contribution in [3.8, 4) is 0 Å². The molecule has 0 amide bonds. The van der Waals surface area contributed by atoms with Gasteiger partial charge in [-0.3, -0.25) is 0 Å². The third kappa shape index (κ3) is 0.555. The van der Waals surface area contributed by atoms with Gasteiger partial charge in [0.15, 0.2) is 0 Å². The van der Waals surface area contributed by atoms with Crippen LogP contribution < -0.4 is 0 Å². The van der Waals surface area contributed by atoms with Crippen molar-refractivity contribution in [2.45, 2.75) is 0 Å². The van der Waals surface area contributed by atoms with Crippen molar-refractivity contribution in [3.63, 3.8) is 0 Å². The van der Waals surface area contributed by atoms with Crippen molar-refractivity contribution >= 4 is 22.1 Å². The van der Waals surface area contributed by atoms with Gasteiger partial charge in [0.25, 0.3) is 0 Å². The van der Waals surface area contributed by atoms with Crippen LogP contribution in [0.5, 0.6) is 0 Å². The standard InChI is InChI=1S/C18H18O2S2/c1(17-11-5-3-6(11)13(17)7(3)12(5)17)19-21-22-20-2-18-14-8-4-9(14)16(18)10(4)15(8)18/h3-16H,1-2H2. The molecule has 0 aromatic heterocycles. The Morgan fingerprint density at radius 1 is 0.500 bits per heavy atom. The van der Waals surface area contributed by atoms with Crippen LogP contribution in [0.25, 0.3) is 0 Å². The second-order valence-corrected chi connectivity index (χ2v) is 12.2. The maximum atomic E-state index is 5.98. The first-order valence-corrected chi connectivity index (χ1v) is 11.5. The summed E-state index contributed by atoms with van der Waals surface area (Å²) in [7, 11) is 0. The summed E-state index contributed by atoms with van der Waals surface area (Å²) in [5, 5.41) is 0. The highest BCUT2D eigenvalue weighted by Crippen LogP contribution is 3.06. The molecule has 4 heteroatoms. The van der Waals surface area contributed by atoms with E-state index in [9.17, 15) is 0 Å². The normalized spacial score (nSPS) is 89.5. The molecule has 0 spiro atoms. The highest BCUT2D eigenvalue weighted by atomic mass is 33.1. The Hall–Kier alpha value is 0.620. The van der Waals surface area contributed by atoms with Crippen LogP contribution in [0, 0.1) is 93.7 Å². The minimum atomic E-state index is 0.708. The summed E-state index contributed by atoms with van der Waals surface area (Å²) in [5.41, 5.74) is 1.42. The molecule has 12 fully saturated rings. The van der Waals surface area contributed by atoms with Gasteiger partial charge >= 0.3 is 0 Å². The molecule has 12 saturated carbocycles. The highest BCUT2D eigenvalue weighted by molar-refractivity contribution is 8.73. The Morgan fingerprint density at radius 3 is 1.14 bits per heavy atom. The second-order valence-electron chi connectivity index (χ2n) is 10.7. The Labute approximate surface area is 137 Å². The first-order chi connectivity index (χ1) is 10.9. The minimum Gasteiger partial charge on any atom is -0.303 e. The van der Waals surface area contributed by atoms with Crippen LogP contribution in [-0.4, -0.2) is 13.2 Å². The molecule has 12 aliphatic rings. The molecule has 12 aliphatic carbocycles. The van der Waals surface area contributed by atoms with Gasteiger partial charge in [-0.25, -0.2) is 0 Å². The summed E-state index contributed by atoms with van der Waals surface area (Å²) in [6, 6.07) is 0. The molecule has 0 N–H and O–H groups in total. The average molecular weight is 330 g/mol. The summed E-state index contributed by atoms with van der Waals surface area (Å²) >= 11 is 3.08. The zero-order valence-electron chi connectivity index (χ0n) is 12.1. The quantitative estimate of drug-likeness (QED) is 0.406. The number of rotatable bonds is 7. The van der Waals surface area contributed by atoms with Crippen LogP contribution >= 0.6 is 22.1 Å². The van der Waals surface area contributed by atoms with E-state index in [1.54, 1.807) is 22.1 Å². The molecule has 0 aromatic carbocycles. The molecule has 22 heavy (non-hydrogen) atoms. The predicted octanol–water partition coefficient (Wildman–Crippen LogP) is 2.97. The number of hydrogen-bond donors (Lipinski definition) is 0. The first-order valence-electron chi connectivity index (χ1n) is 9.52. The summed E-state index contributed by atoms with van der Waals surface area (Å²) in [6.07, 6.45) is 0. The van der Waals surface area contributed by atoms with Gasteiger partial charge in [-0.05, 0) is 82.9 Å². The SMILES string of the molecule is C(OSSOCC12C3C4C5C3C1C5C42)C12C3C4C5C3C1C5C42. The number of hydrogen-bond acceptors (Lipinski definition) is 4. The van der Waals surface area contributed by atoms with E-state index >= 15 is 0 Å². The zero-order chi connectivity index (χ0) is 13.3. The lowest BCUT2D eigenvalue weighted by atomic mass is 8.97. The van der Waals surface area contributed by atoms with Gasteiger partial charge in [0.1, 0.15) is 0 Å². The second kappa shape index (κ2) is 2.50. The van der Waals surface area contributed by atoms with Gasteiger partial charge in [-0.15, -0.1) is 0 Å². The van der Waals surface area contributed by atoms with Gasteiger partial charge in [0, 0.05) is 10.8 Å². The van der Waals surface area contributed by atoms with Gasteiger partial charge in [-0.2, -0.15) is 0 Å². The summed E-state index contributed by atoms with van der Waals surface area (Å²) in [6.45, 7) is 2.08. The lowest BCUT2D eigenvalue weighted by Gasteiger charge is -3.07. The van der Waals surface area contributed by atoms with Crippen LogP contribution in [0.15, 0.2) is 0 Å². The predicted molar refractivity (Wildman–Crippen MR) is 80.8 cm³/mol. The molecule has 2 nitrogen and oxygen atoms in total. The topological polar surface area (TPSA) is 18.5 Å². The van der Waals surface area contributed by atoms with E-state index in [0.717, 1.165) is 48.7 Å².